The number of carbonyl (C=O) groups is 1. The van der Waals surface area contributed by atoms with Crippen LogP contribution in [0.1, 0.15) is 106 Å². The first-order valence-electron chi connectivity index (χ1n) is 13.8. The molecule has 2 nitrogen and oxygen atoms in total. The highest BCUT2D eigenvalue weighted by Crippen LogP contribution is 2.64. The van der Waals surface area contributed by atoms with Gasteiger partial charge in [-0.05, 0) is 111 Å². The van der Waals surface area contributed by atoms with Crippen LogP contribution in [0.15, 0.2) is 34.9 Å². The van der Waals surface area contributed by atoms with Crippen molar-refractivity contribution in [2.45, 2.75) is 112 Å². The smallest absolute Gasteiger partial charge is 0.302 e. The zero-order valence-electron chi connectivity index (χ0n) is 22.4. The van der Waals surface area contributed by atoms with E-state index >= 15 is 0 Å². The fraction of sp³-hybridized carbons (Fsp3) is 0.774. The van der Waals surface area contributed by atoms with Crippen LogP contribution in [0, 0.1) is 40.4 Å². The number of rotatable bonds is 6. The number of ether oxygens (including phenoxy) is 1. The van der Waals surface area contributed by atoms with Gasteiger partial charge in [-0.2, -0.15) is 0 Å². The number of carbonyl (C=O) groups excluding carboxylic acids is 1. The van der Waals surface area contributed by atoms with E-state index in [1.165, 1.54) is 44.9 Å². The first-order valence-corrected chi connectivity index (χ1v) is 13.8. The molecule has 4 rings (SSSR count). The van der Waals surface area contributed by atoms with Crippen molar-refractivity contribution in [2.24, 2.45) is 40.4 Å². The van der Waals surface area contributed by atoms with Crippen LogP contribution >= 0.6 is 0 Å². The van der Waals surface area contributed by atoms with Gasteiger partial charge in [0, 0.05) is 6.92 Å². The fourth-order valence-electron chi connectivity index (χ4n) is 8.52. The molecule has 2 heteroatoms. The lowest BCUT2D eigenvalue weighted by molar-refractivity contribution is -0.152. The average Bonchev–Trinajstić information content (AvgIpc) is 3.11. The lowest BCUT2D eigenvalue weighted by Crippen LogP contribution is -2.48. The molecule has 0 aliphatic heterocycles. The molecule has 0 aromatic rings. The van der Waals surface area contributed by atoms with Gasteiger partial charge in [0.1, 0.15) is 6.10 Å². The van der Waals surface area contributed by atoms with Crippen LogP contribution < -0.4 is 0 Å². The molecular weight excluding hydrogens is 404 g/mol. The molecule has 7 atom stereocenters. The molecule has 0 amide bonds. The second-order valence-electron chi connectivity index (χ2n) is 12.6. The summed E-state index contributed by atoms with van der Waals surface area (Å²) < 4.78 is 5.64. The molecule has 4 aliphatic carbocycles. The molecule has 0 aromatic carbocycles. The summed E-state index contributed by atoms with van der Waals surface area (Å²) in [7, 11) is 0. The van der Waals surface area contributed by atoms with Gasteiger partial charge >= 0.3 is 5.97 Å². The van der Waals surface area contributed by atoms with Crippen molar-refractivity contribution in [2.75, 3.05) is 0 Å². The number of hydrogen-bond acceptors (Lipinski definition) is 2. The maximum absolute atomic E-state index is 11.5. The molecule has 0 spiro atoms. The number of fused-ring (bicyclic) bond motifs is 4. The Labute approximate surface area is 203 Å². The van der Waals surface area contributed by atoms with Gasteiger partial charge in [0.25, 0.3) is 0 Å². The Balaban J connectivity index is 1.51. The van der Waals surface area contributed by atoms with Gasteiger partial charge in [-0.25, -0.2) is 0 Å². The maximum atomic E-state index is 11.5. The minimum Gasteiger partial charge on any atom is -0.463 e. The molecule has 2 fully saturated rings. The third kappa shape index (κ3) is 4.41. The Bertz CT molecular complexity index is 845. The fourth-order valence-corrected chi connectivity index (χ4v) is 8.52. The molecule has 0 unspecified atom stereocenters. The normalized spacial score (nSPS) is 39.2. The zero-order chi connectivity index (χ0) is 24.0. The second kappa shape index (κ2) is 9.38. The predicted molar refractivity (Wildman–Crippen MR) is 138 cm³/mol. The van der Waals surface area contributed by atoms with Crippen molar-refractivity contribution >= 4 is 5.97 Å². The van der Waals surface area contributed by atoms with E-state index in [2.05, 4.69) is 59.8 Å². The van der Waals surface area contributed by atoms with Gasteiger partial charge in [0.2, 0.25) is 0 Å². The molecule has 0 N–H and O–H groups in total. The van der Waals surface area contributed by atoms with E-state index in [4.69, 9.17) is 4.74 Å². The summed E-state index contributed by atoms with van der Waals surface area (Å²) in [5.74, 6) is 3.38. The number of hydrogen-bond donors (Lipinski definition) is 0. The second-order valence-corrected chi connectivity index (χ2v) is 12.6. The monoisotopic (exact) mass is 452 g/mol. The molecule has 4 aliphatic rings. The van der Waals surface area contributed by atoms with Crippen LogP contribution in [0.4, 0.5) is 0 Å². The molecule has 0 saturated heterocycles. The van der Waals surface area contributed by atoms with E-state index in [1.54, 1.807) is 23.6 Å². The van der Waals surface area contributed by atoms with Gasteiger partial charge < -0.3 is 4.74 Å². The first-order chi connectivity index (χ1) is 15.6. The zero-order valence-corrected chi connectivity index (χ0v) is 22.4. The maximum Gasteiger partial charge on any atom is 0.302 e. The van der Waals surface area contributed by atoms with Gasteiger partial charge in [-0.15, -0.1) is 0 Å². The number of allylic oxidation sites excluding steroid dienone is 6. The van der Waals surface area contributed by atoms with Crippen LogP contribution in [0.25, 0.3) is 0 Å². The van der Waals surface area contributed by atoms with Crippen LogP contribution in [-0.2, 0) is 9.53 Å². The highest BCUT2D eigenvalue weighted by atomic mass is 16.5. The van der Waals surface area contributed by atoms with Crippen molar-refractivity contribution in [3.8, 4) is 0 Å². The quantitative estimate of drug-likeness (QED) is 0.298. The standard InChI is InChI=1S/C31H48O2/c1-8-23(20(2)3)10-9-21(4)27-13-14-28-26-12-11-24-19-25(33-22(5)32)15-17-30(24,6)29(26)16-18-31(27,28)7/h8,13-14,20-21,24-25,27,29H,9-12,15-19H2,1-7H3/t21-,24-,25+,27+,29-,30+,31+/m1/s1. The summed E-state index contributed by atoms with van der Waals surface area (Å²) in [6.45, 7) is 16.1. The van der Waals surface area contributed by atoms with Crippen molar-refractivity contribution < 1.29 is 9.53 Å². The number of esters is 1. The molecule has 0 aromatic heterocycles. The van der Waals surface area contributed by atoms with E-state index in [9.17, 15) is 4.79 Å². The van der Waals surface area contributed by atoms with E-state index in [0.717, 1.165) is 24.7 Å². The lowest BCUT2D eigenvalue weighted by Gasteiger charge is -2.57. The lowest BCUT2D eigenvalue weighted by atomic mass is 9.48. The largest absolute Gasteiger partial charge is 0.463 e. The summed E-state index contributed by atoms with van der Waals surface area (Å²) in [6.07, 6.45) is 18.7. The van der Waals surface area contributed by atoms with E-state index in [0.29, 0.717) is 28.6 Å². The van der Waals surface area contributed by atoms with Crippen LogP contribution in [0.5, 0.6) is 0 Å². The van der Waals surface area contributed by atoms with Gasteiger partial charge in [-0.3, -0.25) is 4.79 Å². The minimum atomic E-state index is -0.109. The molecule has 33 heavy (non-hydrogen) atoms. The third-order valence-electron chi connectivity index (χ3n) is 10.5. The predicted octanol–water partition coefficient (Wildman–Crippen LogP) is 8.44. The molecular formula is C31H48O2. The molecule has 0 bridgehead atoms. The van der Waals surface area contributed by atoms with Crippen molar-refractivity contribution in [1.29, 1.82) is 0 Å². The third-order valence-corrected chi connectivity index (χ3v) is 10.5. The summed E-state index contributed by atoms with van der Waals surface area (Å²) in [5, 5.41) is 0. The van der Waals surface area contributed by atoms with Gasteiger partial charge in [0.15, 0.2) is 0 Å². The summed E-state index contributed by atoms with van der Waals surface area (Å²) in [4.78, 5) is 11.5. The van der Waals surface area contributed by atoms with Crippen LogP contribution in [0.2, 0.25) is 0 Å². The molecule has 0 heterocycles. The molecule has 0 radical (unpaired) electrons. The van der Waals surface area contributed by atoms with E-state index in [-0.39, 0.29) is 12.1 Å². The van der Waals surface area contributed by atoms with E-state index in [1.807, 2.05) is 0 Å². The Hall–Kier alpha value is -1.31. The summed E-state index contributed by atoms with van der Waals surface area (Å²) in [5.41, 5.74) is 5.85. The van der Waals surface area contributed by atoms with Gasteiger partial charge in [-0.1, -0.05) is 64.0 Å². The Morgan fingerprint density at radius 1 is 1.18 bits per heavy atom. The average molecular weight is 453 g/mol. The highest BCUT2D eigenvalue weighted by Gasteiger charge is 2.54. The topological polar surface area (TPSA) is 26.3 Å². The molecule has 2 saturated carbocycles. The van der Waals surface area contributed by atoms with E-state index < -0.39 is 0 Å². The van der Waals surface area contributed by atoms with Crippen LogP contribution in [-0.4, -0.2) is 12.1 Å². The van der Waals surface area contributed by atoms with Crippen LogP contribution in [0.3, 0.4) is 0 Å². The highest BCUT2D eigenvalue weighted by molar-refractivity contribution is 5.66. The Morgan fingerprint density at radius 3 is 2.61 bits per heavy atom. The van der Waals surface area contributed by atoms with Gasteiger partial charge in [0.05, 0.1) is 0 Å². The van der Waals surface area contributed by atoms with Crippen molar-refractivity contribution in [3.05, 3.63) is 34.9 Å². The van der Waals surface area contributed by atoms with Crippen molar-refractivity contribution in [3.63, 3.8) is 0 Å². The summed E-state index contributed by atoms with van der Waals surface area (Å²) in [6, 6.07) is 0. The minimum absolute atomic E-state index is 0.109. The Morgan fingerprint density at radius 2 is 1.94 bits per heavy atom. The Kier molecular flexibility index (Phi) is 7.05. The first kappa shape index (κ1) is 24.8. The van der Waals surface area contributed by atoms with Crippen molar-refractivity contribution in [1.82, 2.24) is 0 Å². The molecule has 184 valence electrons. The summed E-state index contributed by atoms with van der Waals surface area (Å²) >= 11 is 0. The SMILES string of the molecule is CC=C(CC[C@@H](C)[C@@H]1C=CC2=C3CC[C@@H]4C[C@@H](OC(C)=O)CC[C@]4(C)[C@@H]3CC[C@]21C)C(C)C.